The van der Waals surface area contributed by atoms with Gasteiger partial charge in [0.1, 0.15) is 5.75 Å². The van der Waals surface area contributed by atoms with Crippen LogP contribution in [0.15, 0.2) is 72.8 Å². The van der Waals surface area contributed by atoms with E-state index in [0.29, 0.717) is 0 Å². The van der Waals surface area contributed by atoms with Gasteiger partial charge in [0.15, 0.2) is 0 Å². The van der Waals surface area contributed by atoms with Crippen LogP contribution in [0.2, 0.25) is 0 Å². The van der Waals surface area contributed by atoms with Gasteiger partial charge < -0.3 is 20.4 Å². The number of aromatic hydroxyl groups is 1. The van der Waals surface area contributed by atoms with E-state index in [1.807, 2.05) is 30.3 Å². The summed E-state index contributed by atoms with van der Waals surface area (Å²) in [6.07, 6.45) is 3.67. The SMILES string of the molecule is O=C(Cc1ccc(C(=O)O)cc1)NC(c1ccc(O)cc1)c1ccccc1N1CCCCC1. The summed E-state index contributed by atoms with van der Waals surface area (Å²) in [6.45, 7) is 1.98. The van der Waals surface area contributed by atoms with E-state index in [1.165, 1.54) is 18.6 Å². The Morgan fingerprint density at radius 3 is 2.21 bits per heavy atom. The van der Waals surface area contributed by atoms with Crippen molar-refractivity contribution in [3.05, 3.63) is 95.1 Å². The number of hydrogen-bond donors (Lipinski definition) is 3. The second-order valence-corrected chi connectivity index (χ2v) is 8.38. The molecule has 1 aliphatic heterocycles. The minimum Gasteiger partial charge on any atom is -0.508 e. The third-order valence-corrected chi connectivity index (χ3v) is 6.04. The molecule has 0 bridgehead atoms. The Morgan fingerprint density at radius 1 is 0.879 bits per heavy atom. The van der Waals surface area contributed by atoms with Crippen molar-refractivity contribution >= 4 is 17.6 Å². The Labute approximate surface area is 193 Å². The van der Waals surface area contributed by atoms with Crippen molar-refractivity contribution in [2.75, 3.05) is 18.0 Å². The highest BCUT2D eigenvalue weighted by molar-refractivity contribution is 5.88. The molecule has 1 amide bonds. The number of hydrogen-bond acceptors (Lipinski definition) is 4. The van der Waals surface area contributed by atoms with Crippen molar-refractivity contribution < 1.29 is 19.8 Å². The highest BCUT2D eigenvalue weighted by Gasteiger charge is 2.23. The molecule has 1 fully saturated rings. The van der Waals surface area contributed by atoms with Crippen LogP contribution in [-0.2, 0) is 11.2 Å². The molecule has 1 saturated heterocycles. The van der Waals surface area contributed by atoms with Crippen molar-refractivity contribution in [2.45, 2.75) is 31.7 Å². The number of carboxylic acids is 1. The van der Waals surface area contributed by atoms with Gasteiger partial charge in [0, 0.05) is 24.3 Å². The topological polar surface area (TPSA) is 89.9 Å². The zero-order valence-electron chi connectivity index (χ0n) is 18.4. The third-order valence-electron chi connectivity index (χ3n) is 6.04. The fraction of sp³-hybridized carbons (Fsp3) is 0.259. The van der Waals surface area contributed by atoms with Gasteiger partial charge in [0.2, 0.25) is 5.91 Å². The zero-order valence-corrected chi connectivity index (χ0v) is 18.4. The second-order valence-electron chi connectivity index (χ2n) is 8.38. The van der Waals surface area contributed by atoms with Crippen molar-refractivity contribution in [3.63, 3.8) is 0 Å². The number of anilines is 1. The summed E-state index contributed by atoms with van der Waals surface area (Å²) in [7, 11) is 0. The van der Waals surface area contributed by atoms with Crippen LogP contribution in [0.1, 0.15) is 52.4 Å². The van der Waals surface area contributed by atoms with E-state index in [1.54, 1.807) is 24.3 Å². The van der Waals surface area contributed by atoms with Gasteiger partial charge in [-0.05, 0) is 60.7 Å². The maximum Gasteiger partial charge on any atom is 0.335 e. The number of nitrogens with one attached hydrogen (secondary N) is 1. The largest absolute Gasteiger partial charge is 0.508 e. The minimum atomic E-state index is -0.993. The number of carboxylic acid groups (broad SMARTS) is 1. The van der Waals surface area contributed by atoms with Gasteiger partial charge in [-0.2, -0.15) is 0 Å². The van der Waals surface area contributed by atoms with E-state index in [4.69, 9.17) is 5.11 Å². The average Bonchev–Trinajstić information content (AvgIpc) is 2.84. The number of nitrogens with zero attached hydrogens (tertiary/aromatic N) is 1. The van der Waals surface area contributed by atoms with E-state index in [9.17, 15) is 14.7 Å². The molecule has 0 aromatic heterocycles. The maximum atomic E-state index is 13.1. The molecule has 1 heterocycles. The monoisotopic (exact) mass is 444 g/mol. The lowest BCUT2D eigenvalue weighted by molar-refractivity contribution is -0.120. The van der Waals surface area contributed by atoms with Crippen molar-refractivity contribution in [1.29, 1.82) is 0 Å². The number of carbonyl (C=O) groups is 2. The van der Waals surface area contributed by atoms with Gasteiger partial charge in [-0.3, -0.25) is 4.79 Å². The standard InChI is InChI=1S/C27H28N2O4/c30-22-14-12-20(13-15-22)26(23-6-2-3-7-24(23)29-16-4-1-5-17-29)28-25(31)18-19-8-10-21(11-9-19)27(32)33/h2-3,6-15,26,30H,1,4-5,16-18H2,(H,28,31)(H,32,33). The molecule has 33 heavy (non-hydrogen) atoms. The maximum absolute atomic E-state index is 13.1. The van der Waals surface area contributed by atoms with Gasteiger partial charge in [-0.25, -0.2) is 4.79 Å². The van der Waals surface area contributed by atoms with Crippen LogP contribution < -0.4 is 10.2 Å². The highest BCUT2D eigenvalue weighted by atomic mass is 16.4. The molecule has 1 aliphatic rings. The predicted octanol–water partition coefficient (Wildman–Crippen LogP) is 4.53. The van der Waals surface area contributed by atoms with E-state index in [2.05, 4.69) is 16.3 Å². The number of carbonyl (C=O) groups excluding carboxylic acids is 1. The van der Waals surface area contributed by atoms with E-state index in [0.717, 1.165) is 48.3 Å². The number of amides is 1. The molecular formula is C27H28N2O4. The molecule has 0 saturated carbocycles. The lowest BCUT2D eigenvalue weighted by Gasteiger charge is -2.33. The molecular weight excluding hydrogens is 416 g/mol. The Kier molecular flexibility index (Phi) is 6.93. The summed E-state index contributed by atoms with van der Waals surface area (Å²) >= 11 is 0. The predicted molar refractivity (Wildman–Crippen MR) is 128 cm³/mol. The summed E-state index contributed by atoms with van der Waals surface area (Å²) in [4.78, 5) is 26.5. The summed E-state index contributed by atoms with van der Waals surface area (Å²) in [5.74, 6) is -0.982. The van der Waals surface area contributed by atoms with Gasteiger partial charge in [0.25, 0.3) is 0 Å². The first kappa shape index (κ1) is 22.4. The van der Waals surface area contributed by atoms with Gasteiger partial charge in [-0.1, -0.05) is 42.5 Å². The first-order chi connectivity index (χ1) is 16.0. The van der Waals surface area contributed by atoms with E-state index < -0.39 is 5.97 Å². The Balaban J connectivity index is 1.61. The molecule has 1 atom stereocenters. The molecule has 170 valence electrons. The highest BCUT2D eigenvalue weighted by Crippen LogP contribution is 2.33. The number of phenolic OH excluding ortho intramolecular Hbond substituents is 1. The zero-order chi connectivity index (χ0) is 23.2. The molecule has 0 spiro atoms. The molecule has 4 rings (SSSR count). The second kappa shape index (κ2) is 10.2. The molecule has 3 aromatic carbocycles. The third kappa shape index (κ3) is 5.52. The number of aromatic carboxylic acids is 1. The first-order valence-electron chi connectivity index (χ1n) is 11.3. The Morgan fingerprint density at radius 2 is 1.55 bits per heavy atom. The molecule has 0 radical (unpaired) electrons. The Hall–Kier alpha value is -3.80. The molecule has 6 nitrogen and oxygen atoms in total. The number of phenols is 1. The van der Waals surface area contributed by atoms with Crippen LogP contribution in [-0.4, -0.2) is 35.2 Å². The number of benzene rings is 3. The lowest BCUT2D eigenvalue weighted by atomic mass is 9.95. The van der Waals surface area contributed by atoms with Gasteiger partial charge in [0.05, 0.1) is 18.0 Å². The molecule has 1 unspecified atom stereocenters. The number of rotatable bonds is 7. The fourth-order valence-electron chi connectivity index (χ4n) is 4.32. The van der Waals surface area contributed by atoms with Crippen LogP contribution >= 0.6 is 0 Å². The Bertz CT molecular complexity index is 1100. The van der Waals surface area contributed by atoms with Crippen LogP contribution in [0.25, 0.3) is 0 Å². The van der Waals surface area contributed by atoms with E-state index >= 15 is 0 Å². The summed E-state index contributed by atoms with van der Waals surface area (Å²) < 4.78 is 0. The van der Waals surface area contributed by atoms with Crippen LogP contribution in [0.4, 0.5) is 5.69 Å². The van der Waals surface area contributed by atoms with Crippen molar-refractivity contribution in [2.24, 2.45) is 0 Å². The fourth-order valence-corrected chi connectivity index (χ4v) is 4.32. The average molecular weight is 445 g/mol. The molecule has 0 aliphatic carbocycles. The van der Waals surface area contributed by atoms with Crippen LogP contribution in [0, 0.1) is 0 Å². The molecule has 3 N–H and O–H groups in total. The number of piperidine rings is 1. The first-order valence-corrected chi connectivity index (χ1v) is 11.3. The normalized spacial score (nSPS) is 14.5. The summed E-state index contributed by atoms with van der Waals surface area (Å²) in [6, 6.07) is 21.0. The quantitative estimate of drug-likeness (QED) is 0.498. The molecule has 3 aromatic rings. The smallest absolute Gasteiger partial charge is 0.335 e. The lowest BCUT2D eigenvalue weighted by Crippen LogP contribution is -2.34. The summed E-state index contributed by atoms with van der Waals surface area (Å²) in [5, 5.41) is 22.0. The molecule has 6 heteroatoms. The van der Waals surface area contributed by atoms with Crippen molar-refractivity contribution in [3.8, 4) is 5.75 Å². The van der Waals surface area contributed by atoms with E-state index in [-0.39, 0.29) is 29.7 Å². The van der Waals surface area contributed by atoms with Crippen molar-refractivity contribution in [1.82, 2.24) is 5.32 Å². The van der Waals surface area contributed by atoms with Gasteiger partial charge in [-0.15, -0.1) is 0 Å². The van der Waals surface area contributed by atoms with Crippen LogP contribution in [0.3, 0.4) is 0 Å². The summed E-state index contributed by atoms with van der Waals surface area (Å²) in [5.41, 5.74) is 3.94. The van der Waals surface area contributed by atoms with Gasteiger partial charge >= 0.3 is 5.97 Å². The number of para-hydroxylation sites is 1. The van der Waals surface area contributed by atoms with Crippen LogP contribution in [0.5, 0.6) is 5.75 Å². The minimum absolute atomic E-state index is 0.139.